The molecule has 0 saturated carbocycles. The van der Waals surface area contributed by atoms with Gasteiger partial charge in [0.25, 0.3) is 0 Å². The van der Waals surface area contributed by atoms with Gasteiger partial charge in [-0.25, -0.2) is 13.4 Å². The van der Waals surface area contributed by atoms with E-state index in [1.807, 2.05) is 30.3 Å². The van der Waals surface area contributed by atoms with Crippen molar-refractivity contribution in [3.8, 4) is 11.5 Å². The lowest BCUT2D eigenvalue weighted by Crippen LogP contribution is -2.24. The minimum Gasteiger partial charge on any atom is -0.436 e. The first-order chi connectivity index (χ1) is 12.6. The molecule has 6 nitrogen and oxygen atoms in total. The summed E-state index contributed by atoms with van der Waals surface area (Å²) < 4.78 is 31.5. The first-order valence-electron chi connectivity index (χ1n) is 8.36. The summed E-state index contributed by atoms with van der Waals surface area (Å²) in [4.78, 5) is 8.98. The van der Waals surface area contributed by atoms with Gasteiger partial charge in [0.15, 0.2) is 5.58 Å². The first kappa shape index (κ1) is 15.3. The summed E-state index contributed by atoms with van der Waals surface area (Å²) in [7, 11) is -3.21. The SMILES string of the molecule is O=S1(=O)CCCN1c1ccc2oc(-c3cnc4ccccc4c3)nc2c1. The molecule has 1 fully saturated rings. The highest BCUT2D eigenvalue weighted by atomic mass is 32.2. The first-order valence-corrected chi connectivity index (χ1v) is 9.97. The Bertz CT molecular complexity index is 1250. The molecule has 1 aliphatic rings. The van der Waals surface area contributed by atoms with Crippen molar-refractivity contribution in [3.63, 3.8) is 0 Å². The summed E-state index contributed by atoms with van der Waals surface area (Å²) >= 11 is 0. The van der Waals surface area contributed by atoms with Crippen molar-refractivity contribution in [2.45, 2.75) is 6.42 Å². The molecule has 2 aromatic carbocycles. The minimum atomic E-state index is -3.21. The Morgan fingerprint density at radius 2 is 1.92 bits per heavy atom. The smallest absolute Gasteiger partial charge is 0.235 e. The highest BCUT2D eigenvalue weighted by Gasteiger charge is 2.28. The van der Waals surface area contributed by atoms with Crippen molar-refractivity contribution in [1.29, 1.82) is 0 Å². The van der Waals surface area contributed by atoms with E-state index in [0.29, 0.717) is 35.6 Å². The number of hydrogen-bond acceptors (Lipinski definition) is 5. The van der Waals surface area contributed by atoms with Gasteiger partial charge < -0.3 is 4.42 Å². The molecule has 3 heterocycles. The maximum Gasteiger partial charge on any atom is 0.235 e. The summed E-state index contributed by atoms with van der Waals surface area (Å²) in [6, 6.07) is 15.1. The Morgan fingerprint density at radius 3 is 2.77 bits per heavy atom. The second kappa shape index (κ2) is 5.54. The molecule has 0 amide bonds. The number of nitrogens with zero attached hydrogens (tertiary/aromatic N) is 3. The molecule has 5 rings (SSSR count). The molecule has 0 aliphatic carbocycles. The summed E-state index contributed by atoms with van der Waals surface area (Å²) in [6.07, 6.45) is 2.38. The summed E-state index contributed by atoms with van der Waals surface area (Å²) in [5.41, 5.74) is 3.58. The van der Waals surface area contributed by atoms with Crippen LogP contribution in [0.25, 0.3) is 33.5 Å². The Hall–Kier alpha value is -2.93. The molecule has 0 atom stereocenters. The zero-order chi connectivity index (χ0) is 17.7. The molecule has 4 aromatic rings. The Labute approximate surface area is 150 Å². The Balaban J connectivity index is 1.59. The summed E-state index contributed by atoms with van der Waals surface area (Å²) in [5, 5.41) is 1.01. The third-order valence-electron chi connectivity index (χ3n) is 4.60. The van der Waals surface area contributed by atoms with E-state index in [1.54, 1.807) is 24.4 Å². The number of anilines is 1. The molecule has 1 saturated heterocycles. The molecule has 26 heavy (non-hydrogen) atoms. The molecule has 2 aromatic heterocycles. The van der Waals surface area contributed by atoms with Crippen molar-refractivity contribution in [2.24, 2.45) is 0 Å². The van der Waals surface area contributed by atoms with E-state index in [0.717, 1.165) is 16.5 Å². The molecule has 0 spiro atoms. The van der Waals surface area contributed by atoms with Gasteiger partial charge in [0.05, 0.1) is 22.5 Å². The van der Waals surface area contributed by atoms with E-state index in [-0.39, 0.29) is 5.75 Å². The van der Waals surface area contributed by atoms with Crippen LogP contribution in [0.1, 0.15) is 6.42 Å². The number of sulfonamides is 1. The lowest BCUT2D eigenvalue weighted by molar-refractivity contribution is 0.599. The number of hydrogen-bond donors (Lipinski definition) is 0. The fraction of sp³-hybridized carbons (Fsp3) is 0.158. The lowest BCUT2D eigenvalue weighted by atomic mass is 10.1. The summed E-state index contributed by atoms with van der Waals surface area (Å²) in [5.74, 6) is 0.664. The van der Waals surface area contributed by atoms with E-state index in [1.165, 1.54) is 4.31 Å². The van der Waals surface area contributed by atoms with Gasteiger partial charge >= 0.3 is 0 Å². The number of rotatable bonds is 2. The standard InChI is InChI=1S/C19H15N3O3S/c23-26(24)9-3-8-22(26)15-6-7-18-17(11-15)21-19(25-18)14-10-13-4-1-2-5-16(13)20-12-14/h1-2,4-7,10-12H,3,8-9H2. The molecule has 1 aliphatic heterocycles. The van der Waals surface area contributed by atoms with Crippen LogP contribution in [0.2, 0.25) is 0 Å². The fourth-order valence-corrected chi connectivity index (χ4v) is 4.87. The summed E-state index contributed by atoms with van der Waals surface area (Å²) in [6.45, 7) is 0.507. The third kappa shape index (κ3) is 2.43. The van der Waals surface area contributed by atoms with Crippen LogP contribution in [-0.2, 0) is 10.0 Å². The second-order valence-corrected chi connectivity index (χ2v) is 8.34. The topological polar surface area (TPSA) is 76.3 Å². The van der Waals surface area contributed by atoms with Crippen molar-refractivity contribution in [2.75, 3.05) is 16.6 Å². The monoisotopic (exact) mass is 365 g/mol. The molecule has 130 valence electrons. The number of oxazole rings is 1. The van der Waals surface area contributed by atoms with Crippen molar-refractivity contribution >= 4 is 37.7 Å². The molecule has 0 radical (unpaired) electrons. The molecule has 0 bridgehead atoms. The zero-order valence-corrected chi connectivity index (χ0v) is 14.6. The van der Waals surface area contributed by atoms with Gasteiger partial charge in [0, 0.05) is 18.1 Å². The number of aromatic nitrogens is 2. The van der Waals surface area contributed by atoms with Crippen LogP contribution in [0.5, 0.6) is 0 Å². The van der Waals surface area contributed by atoms with Crippen molar-refractivity contribution in [1.82, 2.24) is 9.97 Å². The highest BCUT2D eigenvalue weighted by Crippen LogP contribution is 2.30. The highest BCUT2D eigenvalue weighted by molar-refractivity contribution is 7.93. The number of para-hydroxylation sites is 1. The van der Waals surface area contributed by atoms with Crippen LogP contribution in [-0.4, -0.2) is 30.7 Å². The Morgan fingerprint density at radius 1 is 1.04 bits per heavy atom. The van der Waals surface area contributed by atoms with E-state index in [2.05, 4.69) is 9.97 Å². The van der Waals surface area contributed by atoms with Gasteiger partial charge in [-0.05, 0) is 36.8 Å². The zero-order valence-electron chi connectivity index (χ0n) is 13.8. The number of pyridine rings is 1. The van der Waals surface area contributed by atoms with Crippen LogP contribution < -0.4 is 4.31 Å². The molecule has 0 N–H and O–H groups in total. The molecular formula is C19H15N3O3S. The maximum atomic E-state index is 12.1. The van der Waals surface area contributed by atoms with E-state index < -0.39 is 10.0 Å². The molecular weight excluding hydrogens is 350 g/mol. The van der Waals surface area contributed by atoms with E-state index in [4.69, 9.17) is 4.42 Å². The number of benzene rings is 2. The minimum absolute atomic E-state index is 0.192. The third-order valence-corrected chi connectivity index (χ3v) is 6.47. The lowest BCUT2D eigenvalue weighted by Gasteiger charge is -2.16. The van der Waals surface area contributed by atoms with Crippen LogP contribution >= 0.6 is 0 Å². The quantitative estimate of drug-likeness (QED) is 0.543. The van der Waals surface area contributed by atoms with Crippen LogP contribution in [0.3, 0.4) is 0 Å². The normalized spacial score (nSPS) is 16.5. The predicted molar refractivity (Wildman–Crippen MR) is 100 cm³/mol. The van der Waals surface area contributed by atoms with Gasteiger partial charge in [0.1, 0.15) is 5.52 Å². The average Bonchev–Trinajstić information content (AvgIpc) is 3.23. The van der Waals surface area contributed by atoms with E-state index in [9.17, 15) is 8.42 Å². The van der Waals surface area contributed by atoms with Crippen LogP contribution in [0.15, 0.2) is 59.1 Å². The Kier molecular flexibility index (Phi) is 3.27. The van der Waals surface area contributed by atoms with Crippen molar-refractivity contribution in [3.05, 3.63) is 54.7 Å². The predicted octanol–water partition coefficient (Wildman–Crippen LogP) is 3.58. The second-order valence-electron chi connectivity index (χ2n) is 6.33. The van der Waals surface area contributed by atoms with Gasteiger partial charge in [0.2, 0.25) is 15.9 Å². The van der Waals surface area contributed by atoms with Gasteiger partial charge in [-0.2, -0.15) is 0 Å². The average molecular weight is 365 g/mol. The van der Waals surface area contributed by atoms with Crippen LogP contribution in [0, 0.1) is 0 Å². The fourth-order valence-electron chi connectivity index (χ4n) is 3.31. The van der Waals surface area contributed by atoms with E-state index >= 15 is 0 Å². The number of fused-ring (bicyclic) bond motifs is 2. The van der Waals surface area contributed by atoms with Gasteiger partial charge in [-0.3, -0.25) is 9.29 Å². The van der Waals surface area contributed by atoms with Crippen molar-refractivity contribution < 1.29 is 12.8 Å². The molecule has 7 heteroatoms. The largest absolute Gasteiger partial charge is 0.436 e. The van der Waals surface area contributed by atoms with Gasteiger partial charge in [-0.15, -0.1) is 0 Å². The van der Waals surface area contributed by atoms with Gasteiger partial charge in [-0.1, -0.05) is 18.2 Å². The molecule has 0 unspecified atom stereocenters. The van der Waals surface area contributed by atoms with Crippen LogP contribution in [0.4, 0.5) is 5.69 Å². The maximum absolute atomic E-state index is 12.1.